The molecule has 28 heavy (non-hydrogen) atoms. The van der Waals surface area contributed by atoms with Gasteiger partial charge in [-0.25, -0.2) is 0 Å². The molecule has 2 aromatic carbocycles. The van der Waals surface area contributed by atoms with Gasteiger partial charge in [-0.15, -0.1) is 0 Å². The topological polar surface area (TPSA) is 3.24 Å². The smallest absolute Gasteiger partial charge is 0.0406 e. The van der Waals surface area contributed by atoms with E-state index in [1.54, 1.807) is 0 Å². The fourth-order valence-corrected chi connectivity index (χ4v) is 4.12. The molecule has 0 aliphatic carbocycles. The Balaban J connectivity index is 2.42. The van der Waals surface area contributed by atoms with Crippen molar-refractivity contribution in [2.24, 2.45) is 5.41 Å². The zero-order chi connectivity index (χ0) is 21.1. The Morgan fingerprint density at radius 1 is 0.786 bits per heavy atom. The largest absolute Gasteiger partial charge is 0.295 e. The summed E-state index contributed by atoms with van der Waals surface area (Å²) < 4.78 is 0. The molecule has 1 nitrogen and oxygen atoms in total. The molecule has 0 aliphatic heterocycles. The molecule has 0 saturated heterocycles. The summed E-state index contributed by atoms with van der Waals surface area (Å²) in [5.41, 5.74) is 2.94. The van der Waals surface area contributed by atoms with Crippen molar-refractivity contribution in [2.45, 2.75) is 72.4 Å². The van der Waals surface area contributed by atoms with E-state index in [0.29, 0.717) is 12.0 Å². The van der Waals surface area contributed by atoms with Crippen LogP contribution in [-0.4, -0.2) is 23.0 Å². The summed E-state index contributed by atoms with van der Waals surface area (Å²) in [5, 5.41) is 1.56. The Kier molecular flexibility index (Phi) is 7.64. The van der Waals surface area contributed by atoms with Crippen molar-refractivity contribution >= 4 is 23.2 Å². The fourth-order valence-electron chi connectivity index (χ4n) is 3.87. The van der Waals surface area contributed by atoms with E-state index in [4.69, 9.17) is 23.2 Å². The van der Waals surface area contributed by atoms with Crippen LogP contribution in [0.15, 0.2) is 48.5 Å². The quantitative estimate of drug-likeness (QED) is 0.460. The van der Waals surface area contributed by atoms with Crippen LogP contribution in [0.5, 0.6) is 0 Å². The van der Waals surface area contributed by atoms with Gasteiger partial charge in [-0.2, -0.15) is 0 Å². The molecule has 3 heteroatoms. The molecule has 0 bridgehead atoms. The number of nitrogens with zero attached hydrogens (tertiary/aromatic N) is 1. The normalized spacial score (nSPS) is 14.9. The monoisotopic (exact) mass is 419 g/mol. The van der Waals surface area contributed by atoms with Crippen LogP contribution in [-0.2, 0) is 6.42 Å². The average Bonchev–Trinajstić information content (AvgIpc) is 2.58. The molecule has 2 aromatic rings. The van der Waals surface area contributed by atoms with Crippen molar-refractivity contribution in [3.8, 4) is 0 Å². The van der Waals surface area contributed by atoms with E-state index < -0.39 is 0 Å². The van der Waals surface area contributed by atoms with Gasteiger partial charge in [-0.1, -0.05) is 68.2 Å². The van der Waals surface area contributed by atoms with E-state index in [-0.39, 0.29) is 11.0 Å². The summed E-state index contributed by atoms with van der Waals surface area (Å²) >= 11 is 12.3. The maximum absolute atomic E-state index is 6.17. The Labute approximate surface area is 182 Å². The first-order valence-corrected chi connectivity index (χ1v) is 10.9. The van der Waals surface area contributed by atoms with Crippen molar-refractivity contribution in [3.05, 3.63) is 69.7 Å². The molecule has 154 valence electrons. The zero-order valence-corrected chi connectivity index (χ0v) is 19.9. The SMILES string of the molecule is CC(C(Cc1ccc(Cl)cc1)c1ccc(Cl)cc1)N(CC(C)(C)C)C(C)(C)C. The summed E-state index contributed by atoms with van der Waals surface area (Å²) in [6, 6.07) is 17.0. The van der Waals surface area contributed by atoms with Gasteiger partial charge in [-0.3, -0.25) is 4.90 Å². The average molecular weight is 420 g/mol. The lowest BCUT2D eigenvalue weighted by Crippen LogP contribution is -2.52. The first kappa shape index (κ1) is 23.3. The van der Waals surface area contributed by atoms with Gasteiger partial charge in [0.15, 0.2) is 0 Å². The van der Waals surface area contributed by atoms with Crippen LogP contribution in [0.4, 0.5) is 0 Å². The molecule has 0 amide bonds. The van der Waals surface area contributed by atoms with Gasteiger partial charge in [0, 0.05) is 34.1 Å². The van der Waals surface area contributed by atoms with Crippen LogP contribution in [0, 0.1) is 5.41 Å². The molecule has 0 N–H and O–H groups in total. The van der Waals surface area contributed by atoms with E-state index in [1.807, 2.05) is 24.3 Å². The van der Waals surface area contributed by atoms with Crippen LogP contribution < -0.4 is 0 Å². The van der Waals surface area contributed by atoms with E-state index in [0.717, 1.165) is 23.0 Å². The molecular weight excluding hydrogens is 385 g/mol. The molecule has 0 aliphatic rings. The molecule has 0 spiro atoms. The number of hydrogen-bond donors (Lipinski definition) is 0. The second-order valence-electron chi connectivity index (χ2n) is 10.1. The molecule has 0 saturated carbocycles. The maximum atomic E-state index is 6.17. The van der Waals surface area contributed by atoms with Gasteiger partial charge in [0.1, 0.15) is 0 Å². The zero-order valence-electron chi connectivity index (χ0n) is 18.4. The molecule has 0 radical (unpaired) electrons. The molecule has 2 atom stereocenters. The Bertz CT molecular complexity index is 736. The predicted molar refractivity (Wildman–Crippen MR) is 125 cm³/mol. The minimum Gasteiger partial charge on any atom is -0.295 e. The first-order chi connectivity index (χ1) is 12.9. The van der Waals surface area contributed by atoms with E-state index in [9.17, 15) is 0 Å². The number of benzene rings is 2. The highest BCUT2D eigenvalue weighted by Gasteiger charge is 2.34. The van der Waals surface area contributed by atoms with Crippen LogP contribution in [0.2, 0.25) is 10.0 Å². The maximum Gasteiger partial charge on any atom is 0.0406 e. The third-order valence-corrected chi connectivity index (χ3v) is 5.75. The van der Waals surface area contributed by atoms with Gasteiger partial charge in [-0.05, 0) is 74.9 Å². The van der Waals surface area contributed by atoms with Crippen molar-refractivity contribution in [1.29, 1.82) is 0 Å². The molecule has 0 aromatic heterocycles. The predicted octanol–water partition coefficient (Wildman–Crippen LogP) is 7.85. The number of hydrogen-bond acceptors (Lipinski definition) is 1. The molecule has 2 unspecified atom stereocenters. The lowest BCUT2D eigenvalue weighted by molar-refractivity contribution is 0.0408. The van der Waals surface area contributed by atoms with Crippen LogP contribution in [0.3, 0.4) is 0 Å². The molecule has 2 rings (SSSR count). The minimum atomic E-state index is 0.0807. The first-order valence-electron chi connectivity index (χ1n) is 10.1. The van der Waals surface area contributed by atoms with Crippen molar-refractivity contribution < 1.29 is 0 Å². The fraction of sp³-hybridized carbons (Fsp3) is 0.520. The molecule has 0 fully saturated rings. The van der Waals surface area contributed by atoms with E-state index >= 15 is 0 Å². The summed E-state index contributed by atoms with van der Waals surface area (Å²) in [6.07, 6.45) is 0.969. The van der Waals surface area contributed by atoms with Crippen molar-refractivity contribution in [1.82, 2.24) is 4.90 Å². The van der Waals surface area contributed by atoms with Crippen LogP contribution in [0.25, 0.3) is 0 Å². The second-order valence-corrected chi connectivity index (χ2v) is 11.0. The summed E-state index contributed by atoms with van der Waals surface area (Å²) in [4.78, 5) is 2.65. The van der Waals surface area contributed by atoms with E-state index in [2.05, 4.69) is 77.6 Å². The lowest BCUT2D eigenvalue weighted by Gasteiger charge is -2.46. The Morgan fingerprint density at radius 2 is 1.25 bits per heavy atom. The Morgan fingerprint density at radius 3 is 1.68 bits per heavy atom. The Hall–Kier alpha value is -1.02. The van der Waals surface area contributed by atoms with Gasteiger partial charge in [0.2, 0.25) is 0 Å². The number of halogens is 2. The summed E-state index contributed by atoms with van der Waals surface area (Å²) in [6.45, 7) is 17.3. The third-order valence-electron chi connectivity index (χ3n) is 5.25. The standard InChI is InChI=1S/C25H35Cl2N/c1-18(28(25(5,6)7)17-24(2,3)4)23(20-10-14-22(27)15-11-20)16-19-8-12-21(26)13-9-19/h8-15,18,23H,16-17H2,1-7H3. The van der Waals surface area contributed by atoms with Crippen LogP contribution in [0.1, 0.15) is 65.5 Å². The van der Waals surface area contributed by atoms with Gasteiger partial charge in [0.05, 0.1) is 0 Å². The summed E-state index contributed by atoms with van der Waals surface area (Å²) in [7, 11) is 0. The van der Waals surface area contributed by atoms with Gasteiger partial charge in [0.25, 0.3) is 0 Å². The van der Waals surface area contributed by atoms with Crippen molar-refractivity contribution in [3.63, 3.8) is 0 Å². The van der Waals surface area contributed by atoms with E-state index in [1.165, 1.54) is 11.1 Å². The van der Waals surface area contributed by atoms with Crippen molar-refractivity contribution in [2.75, 3.05) is 6.54 Å². The third kappa shape index (κ3) is 6.79. The molecule has 0 heterocycles. The highest BCUT2D eigenvalue weighted by atomic mass is 35.5. The van der Waals surface area contributed by atoms with Crippen LogP contribution >= 0.6 is 23.2 Å². The highest BCUT2D eigenvalue weighted by molar-refractivity contribution is 6.30. The molecular formula is C25H35Cl2N. The van der Waals surface area contributed by atoms with Gasteiger partial charge < -0.3 is 0 Å². The number of rotatable bonds is 6. The highest BCUT2D eigenvalue weighted by Crippen LogP contribution is 2.34. The lowest BCUT2D eigenvalue weighted by atomic mass is 9.82. The van der Waals surface area contributed by atoms with Gasteiger partial charge >= 0.3 is 0 Å². The minimum absolute atomic E-state index is 0.0807. The summed E-state index contributed by atoms with van der Waals surface area (Å²) in [5.74, 6) is 0.361. The second kappa shape index (κ2) is 9.20.